The average molecular weight is 1090 g/mol. The molecule has 5 heteroatoms. The smallest absolute Gasteiger partial charge is 0.148 e. The van der Waals surface area contributed by atoms with Gasteiger partial charge in [0.25, 0.3) is 0 Å². The Morgan fingerprint density at radius 1 is 0.536 bits per heavy atom. The van der Waals surface area contributed by atoms with Crippen molar-refractivity contribution in [3.05, 3.63) is 192 Å². The number of phenols is 1. The first-order chi connectivity index (χ1) is 33.8. The van der Waals surface area contributed by atoms with E-state index in [1.54, 1.807) is 19.9 Å². The number of fused-ring (bicyclic) bond motifs is 1. The van der Waals surface area contributed by atoms with Crippen molar-refractivity contribution in [1.29, 1.82) is 0 Å². The van der Waals surface area contributed by atoms with Gasteiger partial charge < -0.3 is 5.11 Å². The topological polar surface area (TPSA) is 50.9 Å². The molecule has 0 saturated carbocycles. The van der Waals surface area contributed by atoms with Gasteiger partial charge in [-0.2, -0.15) is 0 Å². The number of aromatic nitrogens is 3. The third-order valence-electron chi connectivity index (χ3n) is 13.1. The zero-order chi connectivity index (χ0) is 51.7. The predicted octanol–water partition coefficient (Wildman–Crippen LogP) is 17.7. The van der Waals surface area contributed by atoms with Crippen molar-refractivity contribution in [3.63, 3.8) is 0 Å². The molecule has 1 N–H and O–H groups in total. The number of hydrogen-bond acceptors (Lipinski definition) is 3. The van der Waals surface area contributed by atoms with E-state index < -0.39 is 23.6 Å². The van der Waals surface area contributed by atoms with Gasteiger partial charge in [-0.1, -0.05) is 202 Å². The van der Waals surface area contributed by atoms with Gasteiger partial charge in [0, 0.05) is 44.1 Å². The fourth-order valence-corrected chi connectivity index (χ4v) is 9.33. The van der Waals surface area contributed by atoms with Crippen LogP contribution in [-0.2, 0) is 26.5 Å². The summed E-state index contributed by atoms with van der Waals surface area (Å²) in [6, 6.07) is 55.0. The van der Waals surface area contributed by atoms with Gasteiger partial charge >= 0.3 is 0 Å². The Balaban J connectivity index is 0.00000711. The molecule has 69 heavy (non-hydrogen) atoms. The van der Waals surface area contributed by atoms with Crippen LogP contribution in [0.4, 0.5) is 0 Å². The fraction of sp³-hybridized carbons (Fsp3) is 0.250. The minimum Gasteiger partial charge on any atom is -0.507 e. The molecule has 0 spiro atoms. The summed E-state index contributed by atoms with van der Waals surface area (Å²) < 4.78 is 38.6. The Labute approximate surface area is 430 Å². The SMILES string of the molecule is [2H]C(C)(C)c1ccc(-c2ccnc(-c3[c-]c(-c4cccc5c4nc(-c4cc(C([2H])(C)C)cc(C([2H])(C)C)c4O)n5-c4ccc(-c5ccccc5C(C)(C)C)c(C([2H])(C)C)c4)cc(-c4ccccc4)c3)c2)cc1.[Pt]. The number of benzene rings is 7. The first-order valence-corrected chi connectivity index (χ1v) is 23.6. The Kier molecular flexibility index (Phi) is 12.7. The molecule has 0 aliphatic heterocycles. The Hall–Kier alpha value is -6.35. The molecule has 0 aliphatic carbocycles. The zero-order valence-corrected chi connectivity index (χ0v) is 43.9. The molecule has 0 saturated heterocycles. The summed E-state index contributed by atoms with van der Waals surface area (Å²) in [5.74, 6) is -3.62. The van der Waals surface area contributed by atoms with Gasteiger partial charge in [0.1, 0.15) is 11.6 Å². The van der Waals surface area contributed by atoms with Crippen molar-refractivity contribution in [3.8, 4) is 78.6 Å². The van der Waals surface area contributed by atoms with Crippen LogP contribution in [0, 0.1) is 6.07 Å². The van der Waals surface area contributed by atoms with Crippen LogP contribution in [0.25, 0.3) is 83.9 Å². The van der Waals surface area contributed by atoms with Gasteiger partial charge in [0.15, 0.2) is 0 Å². The molecule has 0 atom stereocenters. The summed E-state index contributed by atoms with van der Waals surface area (Å²) >= 11 is 0. The summed E-state index contributed by atoms with van der Waals surface area (Å²) in [5.41, 5.74) is 15.7. The summed E-state index contributed by atoms with van der Waals surface area (Å²) in [6.45, 7) is 21.4. The van der Waals surface area contributed by atoms with Crippen LogP contribution in [0.5, 0.6) is 5.75 Å². The third-order valence-corrected chi connectivity index (χ3v) is 13.1. The third kappa shape index (κ3) is 9.79. The van der Waals surface area contributed by atoms with Crippen LogP contribution in [0.2, 0.25) is 0 Å². The van der Waals surface area contributed by atoms with E-state index >= 15 is 0 Å². The molecule has 2 heterocycles. The second-order valence-corrected chi connectivity index (χ2v) is 20.0. The number of para-hydroxylation sites is 1. The summed E-state index contributed by atoms with van der Waals surface area (Å²) in [6.07, 6.45) is 1.83. The van der Waals surface area contributed by atoms with Crippen LogP contribution in [0.1, 0.15) is 133 Å². The van der Waals surface area contributed by atoms with E-state index in [1.807, 2.05) is 102 Å². The maximum absolute atomic E-state index is 12.4. The van der Waals surface area contributed by atoms with Gasteiger partial charge in [-0.15, -0.1) is 23.8 Å². The minimum absolute atomic E-state index is 0. The molecule has 0 radical (unpaired) electrons. The van der Waals surface area contributed by atoms with E-state index in [0.29, 0.717) is 28.0 Å². The van der Waals surface area contributed by atoms with Crippen LogP contribution in [0.15, 0.2) is 158 Å². The van der Waals surface area contributed by atoms with Crippen molar-refractivity contribution < 1.29 is 31.7 Å². The number of rotatable bonds is 11. The van der Waals surface area contributed by atoms with Gasteiger partial charge in [0.2, 0.25) is 0 Å². The van der Waals surface area contributed by atoms with E-state index in [4.69, 9.17) is 11.3 Å². The van der Waals surface area contributed by atoms with Gasteiger partial charge in [-0.25, -0.2) is 4.98 Å². The standard InChI is InChI=1S/C64H64N3O.Pt/c1-39(2)43-24-26-45(27-25-43)46-30-31-65-59(37-46)50-33-48(44-18-13-12-14-19-44)32-49(34-50)52-21-17-23-60-61(52)66-63(57-36-47(40(3)4)35-56(42(7)8)62(57)68)67(60)51-28-29-53(55(38-51)41(5)6)54-20-15-16-22-58(54)64(9,10)11;/h12-33,35-42,68H,1-11H3;/q-1;/i39D,40D,41D,42D;. The van der Waals surface area contributed by atoms with Crippen LogP contribution >= 0.6 is 0 Å². The van der Waals surface area contributed by atoms with E-state index in [0.717, 1.165) is 78.1 Å². The molecule has 9 aromatic rings. The average Bonchev–Trinajstić information content (AvgIpc) is 3.72. The second-order valence-electron chi connectivity index (χ2n) is 20.0. The molecule has 352 valence electrons. The molecular weight excluding hydrogens is 1020 g/mol. The van der Waals surface area contributed by atoms with Crippen LogP contribution in [-0.4, -0.2) is 19.6 Å². The zero-order valence-electron chi connectivity index (χ0n) is 45.6. The summed E-state index contributed by atoms with van der Waals surface area (Å²) in [4.78, 5) is 10.4. The van der Waals surface area contributed by atoms with Crippen LogP contribution in [0.3, 0.4) is 0 Å². The molecule has 7 aromatic carbocycles. The van der Waals surface area contributed by atoms with Gasteiger partial charge in [-0.05, 0) is 115 Å². The van der Waals surface area contributed by atoms with E-state index in [-0.39, 0.29) is 32.2 Å². The summed E-state index contributed by atoms with van der Waals surface area (Å²) in [7, 11) is 0. The maximum Gasteiger partial charge on any atom is 0.148 e. The van der Waals surface area contributed by atoms with E-state index in [9.17, 15) is 9.22 Å². The normalized spacial score (nSPS) is 13.3. The molecule has 0 unspecified atom stereocenters. The van der Waals surface area contributed by atoms with Crippen molar-refractivity contribution >= 4 is 11.0 Å². The van der Waals surface area contributed by atoms with E-state index in [2.05, 4.69) is 122 Å². The summed E-state index contributed by atoms with van der Waals surface area (Å²) in [5, 5.41) is 12.4. The number of hydrogen-bond donors (Lipinski definition) is 1. The molecule has 0 bridgehead atoms. The monoisotopic (exact) mass is 1090 g/mol. The number of nitrogens with zero attached hydrogens (tertiary/aromatic N) is 3. The Morgan fingerprint density at radius 2 is 1.19 bits per heavy atom. The van der Waals surface area contributed by atoms with Gasteiger partial charge in [0.05, 0.1) is 16.6 Å². The quantitative estimate of drug-likeness (QED) is 0.131. The second kappa shape index (κ2) is 19.9. The molecule has 0 fully saturated rings. The first kappa shape index (κ1) is 43.9. The Bertz CT molecular complexity index is 3490. The molecular formula is C64H64N3OPt-. The minimum atomic E-state index is -1.20. The van der Waals surface area contributed by atoms with Crippen molar-refractivity contribution in [1.82, 2.24) is 14.5 Å². The fourth-order valence-electron chi connectivity index (χ4n) is 9.33. The van der Waals surface area contributed by atoms with Crippen molar-refractivity contribution in [2.24, 2.45) is 0 Å². The number of phenolic OH excluding ortho intramolecular Hbond substituents is 1. The van der Waals surface area contributed by atoms with Crippen molar-refractivity contribution in [2.75, 3.05) is 0 Å². The van der Waals surface area contributed by atoms with Crippen molar-refractivity contribution in [2.45, 2.75) is 105 Å². The Morgan fingerprint density at radius 3 is 1.87 bits per heavy atom. The number of imidazole rings is 1. The maximum atomic E-state index is 12.4. The number of aromatic hydroxyl groups is 1. The molecule has 0 aliphatic rings. The molecule has 2 aromatic heterocycles. The molecule has 4 nitrogen and oxygen atoms in total. The van der Waals surface area contributed by atoms with E-state index in [1.165, 1.54) is 5.56 Å². The molecule has 0 amide bonds. The molecule has 9 rings (SSSR count). The predicted molar refractivity (Wildman–Crippen MR) is 287 cm³/mol. The van der Waals surface area contributed by atoms with Gasteiger partial charge in [-0.3, -0.25) is 9.55 Å². The van der Waals surface area contributed by atoms with Crippen LogP contribution < -0.4 is 0 Å². The largest absolute Gasteiger partial charge is 0.507 e. The number of pyridine rings is 1. The first-order valence-electron chi connectivity index (χ1n) is 25.6.